The highest BCUT2D eigenvalue weighted by molar-refractivity contribution is 7.99. The number of rotatable bonds is 6. The quantitative estimate of drug-likeness (QED) is 0.709. The fourth-order valence-electron chi connectivity index (χ4n) is 4.35. The zero-order valence-corrected chi connectivity index (χ0v) is 17.2. The number of hydrogen-bond donors (Lipinski definition) is 0. The fourth-order valence-corrected chi connectivity index (χ4v) is 5.19. The molecule has 0 aromatic heterocycles. The lowest BCUT2D eigenvalue weighted by Crippen LogP contribution is -2.28. The molecule has 2 aliphatic rings. The van der Waals surface area contributed by atoms with E-state index >= 15 is 0 Å². The maximum absolute atomic E-state index is 5.59. The second-order valence-corrected chi connectivity index (χ2v) is 8.65. The predicted octanol–water partition coefficient (Wildman–Crippen LogP) is 4.87. The van der Waals surface area contributed by atoms with Crippen molar-refractivity contribution in [2.45, 2.75) is 43.1 Å². The molecule has 0 fully saturated rings. The van der Waals surface area contributed by atoms with E-state index in [-0.39, 0.29) is 0 Å². The van der Waals surface area contributed by atoms with Crippen molar-refractivity contribution in [3.63, 3.8) is 0 Å². The van der Waals surface area contributed by atoms with Crippen LogP contribution in [0.15, 0.2) is 41.3 Å². The van der Waals surface area contributed by atoms with Gasteiger partial charge in [0.2, 0.25) is 0 Å². The number of fused-ring (bicyclic) bond motifs is 2. The number of thioether (sulfide) groups is 1. The molecule has 144 valence electrons. The van der Waals surface area contributed by atoms with Gasteiger partial charge in [0.05, 0.1) is 19.7 Å². The highest BCUT2D eigenvalue weighted by Crippen LogP contribution is 2.37. The maximum Gasteiger partial charge on any atom is 0.122 e. The molecule has 0 amide bonds. The summed E-state index contributed by atoms with van der Waals surface area (Å²) in [6.45, 7) is 2.97. The normalized spacial score (nSPS) is 18.9. The minimum Gasteiger partial charge on any atom is -0.496 e. The summed E-state index contributed by atoms with van der Waals surface area (Å²) >= 11 is 1.81. The summed E-state index contributed by atoms with van der Waals surface area (Å²) in [7, 11) is 4.05. The molecule has 1 aliphatic heterocycles. The zero-order valence-electron chi connectivity index (χ0n) is 16.4. The van der Waals surface area contributed by atoms with Crippen molar-refractivity contribution >= 4 is 11.8 Å². The molecule has 2 aromatic rings. The third-order valence-electron chi connectivity index (χ3n) is 5.81. The minimum atomic E-state index is 0.616. The van der Waals surface area contributed by atoms with Gasteiger partial charge in [-0.1, -0.05) is 36.0 Å². The Balaban J connectivity index is 1.37. The van der Waals surface area contributed by atoms with E-state index in [1.165, 1.54) is 40.0 Å². The average molecular weight is 384 g/mol. The molecule has 1 aliphatic carbocycles. The van der Waals surface area contributed by atoms with Gasteiger partial charge in [-0.2, -0.15) is 0 Å². The third-order valence-corrected chi connectivity index (χ3v) is 6.79. The van der Waals surface area contributed by atoms with Crippen molar-refractivity contribution in [3.8, 4) is 5.75 Å². The number of ether oxygens (including phenoxy) is 2. The molecule has 3 nitrogen and oxygen atoms in total. The Labute approximate surface area is 167 Å². The van der Waals surface area contributed by atoms with Crippen LogP contribution in [0.25, 0.3) is 0 Å². The van der Waals surface area contributed by atoms with E-state index in [1.54, 1.807) is 7.11 Å². The summed E-state index contributed by atoms with van der Waals surface area (Å²) < 4.78 is 11.1. The van der Waals surface area contributed by atoms with E-state index in [2.05, 4.69) is 48.3 Å². The van der Waals surface area contributed by atoms with Gasteiger partial charge in [-0.05, 0) is 73.0 Å². The minimum absolute atomic E-state index is 0.616. The number of likely N-dealkylation sites (N-methyl/N-ethyl adjacent to an activating group) is 1. The molecule has 1 atom stereocenters. The summed E-state index contributed by atoms with van der Waals surface area (Å²) in [4.78, 5) is 3.89. The molecule has 2 aromatic carbocycles. The molecule has 1 unspecified atom stereocenters. The lowest BCUT2D eigenvalue weighted by Gasteiger charge is -2.30. The predicted molar refractivity (Wildman–Crippen MR) is 112 cm³/mol. The Bertz CT molecular complexity index is 792. The van der Waals surface area contributed by atoms with Gasteiger partial charge in [-0.25, -0.2) is 0 Å². The first-order valence-corrected chi connectivity index (χ1v) is 10.9. The van der Waals surface area contributed by atoms with Crippen molar-refractivity contribution in [2.24, 2.45) is 0 Å². The topological polar surface area (TPSA) is 21.7 Å². The first-order valence-electron chi connectivity index (χ1n) is 9.91. The second kappa shape index (κ2) is 8.68. The van der Waals surface area contributed by atoms with Gasteiger partial charge < -0.3 is 14.4 Å². The van der Waals surface area contributed by atoms with Crippen LogP contribution < -0.4 is 4.74 Å². The second-order valence-electron chi connectivity index (χ2n) is 7.68. The number of nitrogens with zero attached hydrogens (tertiary/aromatic N) is 1. The Hall–Kier alpha value is -1.49. The van der Waals surface area contributed by atoms with E-state index in [0.29, 0.717) is 5.92 Å². The summed E-state index contributed by atoms with van der Waals surface area (Å²) in [5.41, 5.74) is 5.69. The summed E-state index contributed by atoms with van der Waals surface area (Å²) in [5, 5.41) is 0. The van der Waals surface area contributed by atoms with Gasteiger partial charge in [-0.15, -0.1) is 0 Å². The molecule has 0 bridgehead atoms. The molecule has 0 saturated carbocycles. The highest BCUT2D eigenvalue weighted by atomic mass is 32.2. The van der Waals surface area contributed by atoms with E-state index in [9.17, 15) is 0 Å². The molecule has 4 heteroatoms. The highest BCUT2D eigenvalue weighted by Gasteiger charge is 2.23. The first-order chi connectivity index (χ1) is 13.2. The lowest BCUT2D eigenvalue weighted by molar-refractivity contribution is 0.162. The summed E-state index contributed by atoms with van der Waals surface area (Å²) in [6.07, 6.45) is 4.79. The standard InChI is InChI=1S/C23H29NO2S/c1-24(12-11-17-9-10-19-15-26-16-27-23(19)13-17)14-18-5-3-7-21-20(18)6-4-8-22(21)25-2/h4,6,8-10,13,18H,3,5,7,11-12,14-16H2,1-2H3. The zero-order chi connectivity index (χ0) is 18.6. The van der Waals surface area contributed by atoms with E-state index in [0.717, 1.165) is 44.2 Å². The molecule has 27 heavy (non-hydrogen) atoms. The summed E-state index contributed by atoms with van der Waals surface area (Å²) in [6, 6.07) is 13.4. The van der Waals surface area contributed by atoms with Gasteiger partial charge in [-0.3, -0.25) is 0 Å². The van der Waals surface area contributed by atoms with Crippen LogP contribution in [-0.4, -0.2) is 38.1 Å². The van der Waals surface area contributed by atoms with Crippen LogP contribution in [0.4, 0.5) is 0 Å². The monoisotopic (exact) mass is 383 g/mol. The van der Waals surface area contributed by atoms with Gasteiger partial charge in [0.15, 0.2) is 0 Å². The van der Waals surface area contributed by atoms with Crippen LogP contribution in [0.5, 0.6) is 5.75 Å². The van der Waals surface area contributed by atoms with Gasteiger partial charge in [0.1, 0.15) is 5.75 Å². The maximum atomic E-state index is 5.59. The molecule has 4 rings (SSSR count). The largest absolute Gasteiger partial charge is 0.496 e. The lowest BCUT2D eigenvalue weighted by atomic mass is 9.82. The van der Waals surface area contributed by atoms with Crippen molar-refractivity contribution in [3.05, 3.63) is 58.7 Å². The van der Waals surface area contributed by atoms with Crippen molar-refractivity contribution in [1.29, 1.82) is 0 Å². The Morgan fingerprint density at radius 2 is 2.19 bits per heavy atom. The number of benzene rings is 2. The van der Waals surface area contributed by atoms with Crippen LogP contribution >= 0.6 is 11.8 Å². The van der Waals surface area contributed by atoms with Crippen LogP contribution in [0.2, 0.25) is 0 Å². The molecular weight excluding hydrogens is 354 g/mol. The SMILES string of the molecule is COc1cccc2c1CCCC2CN(C)CCc1ccc2c(c1)SCOC2. The smallest absolute Gasteiger partial charge is 0.122 e. The Kier molecular flexibility index (Phi) is 6.06. The van der Waals surface area contributed by atoms with Crippen LogP contribution in [0, 0.1) is 0 Å². The van der Waals surface area contributed by atoms with Crippen molar-refractivity contribution in [1.82, 2.24) is 4.90 Å². The Morgan fingerprint density at radius 3 is 3.07 bits per heavy atom. The number of hydrogen-bond acceptors (Lipinski definition) is 4. The van der Waals surface area contributed by atoms with Crippen molar-refractivity contribution in [2.75, 3.05) is 33.2 Å². The average Bonchev–Trinajstić information content (AvgIpc) is 2.72. The fraction of sp³-hybridized carbons (Fsp3) is 0.478. The van der Waals surface area contributed by atoms with Gasteiger partial charge in [0.25, 0.3) is 0 Å². The Morgan fingerprint density at radius 1 is 1.26 bits per heavy atom. The molecule has 0 N–H and O–H groups in total. The molecular formula is C23H29NO2S. The molecule has 0 radical (unpaired) electrons. The van der Waals surface area contributed by atoms with Gasteiger partial charge in [0, 0.05) is 18.0 Å². The van der Waals surface area contributed by atoms with E-state index in [4.69, 9.17) is 9.47 Å². The van der Waals surface area contributed by atoms with Crippen LogP contribution in [0.3, 0.4) is 0 Å². The van der Waals surface area contributed by atoms with Gasteiger partial charge >= 0.3 is 0 Å². The molecule has 1 heterocycles. The van der Waals surface area contributed by atoms with Crippen molar-refractivity contribution < 1.29 is 9.47 Å². The molecule has 0 saturated heterocycles. The first kappa shape index (κ1) is 18.9. The van der Waals surface area contributed by atoms with E-state index in [1.807, 2.05) is 11.8 Å². The molecule has 0 spiro atoms. The third kappa shape index (κ3) is 4.34. The summed E-state index contributed by atoms with van der Waals surface area (Å²) in [5.74, 6) is 2.46. The van der Waals surface area contributed by atoms with E-state index < -0.39 is 0 Å². The number of methoxy groups -OCH3 is 1. The van der Waals surface area contributed by atoms with Crippen LogP contribution in [0.1, 0.15) is 41.0 Å². The van der Waals surface area contributed by atoms with Crippen LogP contribution in [-0.2, 0) is 24.2 Å².